The van der Waals surface area contributed by atoms with E-state index in [9.17, 15) is 0 Å². The number of hydrogen-bond acceptors (Lipinski definition) is 1. The third-order valence-corrected chi connectivity index (χ3v) is 3.75. The molecule has 52 valence electrons. The van der Waals surface area contributed by atoms with Gasteiger partial charge in [-0.3, -0.25) is 0 Å². The molecule has 0 bridgehead atoms. The van der Waals surface area contributed by atoms with Crippen LogP contribution >= 0.6 is 0 Å². The first-order valence-corrected chi connectivity index (χ1v) is 5.86. The van der Waals surface area contributed by atoms with Crippen molar-refractivity contribution in [3.63, 3.8) is 0 Å². The smallest absolute Gasteiger partial charge is 0.282 e. The Balaban J connectivity index is 2.08. The Bertz CT molecular complexity index is 66.6. The van der Waals surface area contributed by atoms with Crippen LogP contribution in [0.3, 0.4) is 0 Å². The number of hydrogen-bond donors (Lipinski definition) is 0. The van der Waals surface area contributed by atoms with Gasteiger partial charge in [0, 0.05) is 11.6 Å². The second-order valence-electron chi connectivity index (χ2n) is 2.78. The molecule has 1 aliphatic heterocycles. The maximum atomic E-state index is 5.58. The monoisotopic (exact) mass is 142 g/mol. The van der Waals surface area contributed by atoms with Crippen molar-refractivity contribution < 1.29 is 4.74 Å². The Morgan fingerprint density at radius 3 is 3.00 bits per heavy atom. The topological polar surface area (TPSA) is 9.23 Å². The van der Waals surface area contributed by atoms with Crippen LogP contribution in [0.25, 0.3) is 0 Å². The lowest BCUT2D eigenvalue weighted by atomic mass is 10.2. The molecule has 0 aliphatic carbocycles. The summed E-state index contributed by atoms with van der Waals surface area (Å²) in [7, 11) is 0. The van der Waals surface area contributed by atoms with Gasteiger partial charge in [0.15, 0.2) is 0 Å². The van der Waals surface area contributed by atoms with E-state index in [1.54, 1.807) is 0 Å². The molecule has 0 radical (unpaired) electrons. The van der Waals surface area contributed by atoms with Gasteiger partial charge in [-0.05, 0) is 19.3 Å². The van der Waals surface area contributed by atoms with E-state index in [1.165, 1.54) is 24.5 Å². The van der Waals surface area contributed by atoms with Crippen molar-refractivity contribution in [3.05, 3.63) is 0 Å². The lowest BCUT2D eigenvalue weighted by molar-refractivity contribution is 0.0651. The fourth-order valence-corrected chi connectivity index (χ4v) is 2.91. The average Bonchev–Trinajstić information content (AvgIpc) is 1.91. The summed E-state index contributed by atoms with van der Waals surface area (Å²) in [6, 6.07) is 0. The molecule has 0 aromatic heterocycles. The van der Waals surface area contributed by atoms with Crippen molar-refractivity contribution in [1.82, 2.24) is 0 Å². The number of rotatable bonds is 2. The lowest BCUT2D eigenvalue weighted by Gasteiger charge is -2.20. The number of ether oxygens (including phenoxy) is 1. The van der Waals surface area contributed by atoms with Crippen molar-refractivity contribution in [2.45, 2.75) is 36.4 Å². The summed E-state index contributed by atoms with van der Waals surface area (Å²) in [5.74, 6) is 0. The Morgan fingerprint density at radius 1 is 1.56 bits per heavy atom. The summed E-state index contributed by atoms with van der Waals surface area (Å²) in [5.41, 5.74) is 0. The summed E-state index contributed by atoms with van der Waals surface area (Å²) >= 11 is 0.154. The van der Waals surface area contributed by atoms with E-state index >= 15 is 0 Å². The summed E-state index contributed by atoms with van der Waals surface area (Å²) in [6.07, 6.45) is 4.08. The van der Waals surface area contributed by atoms with Crippen molar-refractivity contribution in [2.75, 3.05) is 6.61 Å². The van der Waals surface area contributed by atoms with Gasteiger partial charge in [0.05, 0.1) is 0 Å². The molecule has 0 spiro atoms. The lowest BCUT2D eigenvalue weighted by Crippen LogP contribution is -2.24. The summed E-state index contributed by atoms with van der Waals surface area (Å²) in [4.78, 5) is 0.740. The molecule has 1 rings (SSSR count). The van der Waals surface area contributed by atoms with Crippen molar-refractivity contribution in [3.8, 4) is 0 Å². The molecule has 9 heavy (non-hydrogen) atoms. The van der Waals surface area contributed by atoms with E-state index in [2.05, 4.69) is 6.92 Å². The zero-order valence-corrected chi connectivity index (χ0v) is 7.64. The van der Waals surface area contributed by atoms with Gasteiger partial charge in [0.25, 0.3) is 15.2 Å². The zero-order chi connectivity index (χ0) is 6.53. The van der Waals surface area contributed by atoms with E-state index in [1.807, 2.05) is 0 Å². The summed E-state index contributed by atoms with van der Waals surface area (Å²) < 4.78 is 5.58. The normalized spacial score (nSPS) is 27.9. The van der Waals surface area contributed by atoms with Gasteiger partial charge >= 0.3 is 0 Å². The van der Waals surface area contributed by atoms with E-state index < -0.39 is 0 Å². The van der Waals surface area contributed by atoms with E-state index in [4.69, 9.17) is 4.74 Å². The van der Waals surface area contributed by atoms with Gasteiger partial charge in [0.1, 0.15) is 0 Å². The van der Waals surface area contributed by atoms with Crippen LogP contribution in [-0.2, 0) is 4.74 Å². The first kappa shape index (κ1) is 7.60. The van der Waals surface area contributed by atoms with Crippen LogP contribution in [0.1, 0.15) is 26.2 Å². The molecule has 1 nitrogen and oxygen atoms in total. The van der Waals surface area contributed by atoms with Crippen LogP contribution in [0.2, 0.25) is 5.28 Å². The molecule has 1 heterocycles. The predicted octanol–water partition coefficient (Wildman–Crippen LogP) is 1.39. The van der Waals surface area contributed by atoms with Gasteiger partial charge in [-0.15, -0.1) is 0 Å². The molecule has 1 unspecified atom stereocenters. The van der Waals surface area contributed by atoms with Crippen LogP contribution in [0, 0.1) is 0 Å². The Morgan fingerprint density at radius 2 is 2.44 bits per heavy atom. The Labute approximate surface area is 63.5 Å². The first-order valence-electron chi connectivity index (χ1n) is 4.05. The highest BCUT2D eigenvalue weighted by Gasteiger charge is 2.13. The third kappa shape index (κ3) is 2.71. The van der Waals surface area contributed by atoms with Gasteiger partial charge in [0.2, 0.25) is 0 Å². The third-order valence-electron chi connectivity index (χ3n) is 1.88. The van der Waals surface area contributed by atoms with Gasteiger partial charge in [-0.1, -0.05) is 12.2 Å². The van der Waals surface area contributed by atoms with Crippen LogP contribution < -0.4 is 0 Å². The molecule has 1 saturated heterocycles. The molecule has 0 saturated carbocycles. The molecule has 1 atom stereocenters. The molecule has 2 heteroatoms. The average molecular weight is 142 g/mol. The highest BCUT2D eigenvalue weighted by Crippen LogP contribution is 2.11. The SMILES string of the molecule is C[CH2][AlH][CH]1CCCCO1. The summed E-state index contributed by atoms with van der Waals surface area (Å²) in [5, 5.41) is 1.41. The van der Waals surface area contributed by atoms with Crippen LogP contribution in [-0.4, -0.2) is 26.8 Å². The van der Waals surface area contributed by atoms with Crippen molar-refractivity contribution >= 4 is 15.2 Å². The fraction of sp³-hybridized carbons (Fsp3) is 1.00. The second-order valence-corrected chi connectivity index (χ2v) is 5.27. The minimum atomic E-state index is 0.154. The molecule has 0 amide bonds. The van der Waals surface area contributed by atoms with Crippen molar-refractivity contribution in [2.24, 2.45) is 0 Å². The van der Waals surface area contributed by atoms with Crippen molar-refractivity contribution in [1.29, 1.82) is 0 Å². The van der Waals surface area contributed by atoms with E-state index in [0.29, 0.717) is 0 Å². The highest BCUT2D eigenvalue weighted by atomic mass is 27.1. The molecule has 0 N–H and O–H groups in total. The molecule has 1 fully saturated rings. The highest BCUT2D eigenvalue weighted by molar-refractivity contribution is 6.37. The maximum Gasteiger partial charge on any atom is 0.282 e. The van der Waals surface area contributed by atoms with Gasteiger partial charge < -0.3 is 4.74 Å². The Hall–Kier alpha value is 0.492. The maximum absolute atomic E-state index is 5.58. The molecule has 0 aromatic carbocycles. The van der Waals surface area contributed by atoms with E-state index in [-0.39, 0.29) is 15.2 Å². The quantitative estimate of drug-likeness (QED) is 0.529. The van der Waals surface area contributed by atoms with Gasteiger partial charge in [-0.25, -0.2) is 0 Å². The predicted molar refractivity (Wildman–Crippen MR) is 41.2 cm³/mol. The van der Waals surface area contributed by atoms with Crippen LogP contribution in [0.15, 0.2) is 0 Å². The largest absolute Gasteiger partial charge is 0.394 e. The zero-order valence-electron chi connectivity index (χ0n) is 6.23. The van der Waals surface area contributed by atoms with Crippen LogP contribution in [0.5, 0.6) is 0 Å². The van der Waals surface area contributed by atoms with E-state index in [0.717, 1.165) is 11.6 Å². The molecular formula is C7H15AlO. The summed E-state index contributed by atoms with van der Waals surface area (Å²) in [6.45, 7) is 3.32. The Kier molecular flexibility index (Phi) is 3.66. The molecule has 1 aliphatic rings. The standard InChI is InChI=1S/C5H9O.C2H5.Al.H/c1-2-4-6-5-3-1;1-2;;/h4H,1-3,5H2;1H2,2H3;;. The first-order chi connectivity index (χ1) is 4.43. The molecular weight excluding hydrogens is 127 g/mol. The minimum Gasteiger partial charge on any atom is -0.394 e. The van der Waals surface area contributed by atoms with Gasteiger partial charge in [-0.2, -0.15) is 0 Å². The van der Waals surface area contributed by atoms with Crippen LogP contribution in [0.4, 0.5) is 0 Å². The molecule has 0 aromatic rings. The minimum absolute atomic E-state index is 0.154. The second kappa shape index (κ2) is 4.33. The fourth-order valence-electron chi connectivity index (χ4n) is 1.36.